The van der Waals surface area contributed by atoms with Gasteiger partial charge in [-0.15, -0.1) is 0 Å². The SMILES string of the molecule is Cc1cccc(OCCNC(=O)CCc2cccc3ccccc23)c1. The number of aryl methyl sites for hydroxylation is 2. The van der Waals surface area contributed by atoms with Crippen LogP contribution in [0.3, 0.4) is 0 Å². The van der Waals surface area contributed by atoms with Crippen LogP contribution in [0.15, 0.2) is 66.7 Å². The van der Waals surface area contributed by atoms with Crippen molar-refractivity contribution in [3.8, 4) is 5.75 Å². The van der Waals surface area contributed by atoms with Crippen LogP contribution < -0.4 is 10.1 Å². The minimum atomic E-state index is 0.0563. The predicted molar refractivity (Wildman–Crippen MR) is 102 cm³/mol. The Hall–Kier alpha value is -2.81. The normalized spacial score (nSPS) is 10.6. The van der Waals surface area contributed by atoms with Crippen molar-refractivity contribution in [2.75, 3.05) is 13.2 Å². The lowest BCUT2D eigenvalue weighted by atomic mass is 10.0. The van der Waals surface area contributed by atoms with Crippen molar-refractivity contribution in [3.63, 3.8) is 0 Å². The zero-order chi connectivity index (χ0) is 17.5. The Labute approximate surface area is 148 Å². The first kappa shape index (κ1) is 17.0. The topological polar surface area (TPSA) is 38.3 Å². The smallest absolute Gasteiger partial charge is 0.220 e. The molecule has 0 saturated carbocycles. The molecular weight excluding hydrogens is 310 g/mol. The summed E-state index contributed by atoms with van der Waals surface area (Å²) in [6, 6.07) is 22.4. The summed E-state index contributed by atoms with van der Waals surface area (Å²) in [4.78, 5) is 12.1. The van der Waals surface area contributed by atoms with Gasteiger partial charge in [0.05, 0.1) is 6.54 Å². The third-order valence-electron chi connectivity index (χ3n) is 4.18. The number of hydrogen-bond donors (Lipinski definition) is 1. The Morgan fingerprint density at radius 1 is 1.00 bits per heavy atom. The molecule has 0 aromatic heterocycles. The van der Waals surface area contributed by atoms with Crippen LogP contribution in [0.5, 0.6) is 5.75 Å². The van der Waals surface area contributed by atoms with Gasteiger partial charge in [0.2, 0.25) is 5.91 Å². The van der Waals surface area contributed by atoms with E-state index in [2.05, 4.69) is 29.6 Å². The highest BCUT2D eigenvalue weighted by Crippen LogP contribution is 2.19. The van der Waals surface area contributed by atoms with Crippen molar-refractivity contribution in [2.45, 2.75) is 19.8 Å². The molecule has 0 fully saturated rings. The molecule has 0 radical (unpaired) electrons. The van der Waals surface area contributed by atoms with Crippen LogP contribution in [-0.4, -0.2) is 19.1 Å². The Bertz CT molecular complexity index is 852. The Morgan fingerprint density at radius 3 is 2.68 bits per heavy atom. The molecule has 128 valence electrons. The van der Waals surface area contributed by atoms with Crippen LogP contribution in [0, 0.1) is 6.92 Å². The number of ether oxygens (including phenoxy) is 1. The van der Waals surface area contributed by atoms with E-state index in [0.717, 1.165) is 17.7 Å². The monoisotopic (exact) mass is 333 g/mol. The van der Waals surface area contributed by atoms with Crippen molar-refractivity contribution >= 4 is 16.7 Å². The first-order valence-corrected chi connectivity index (χ1v) is 8.65. The van der Waals surface area contributed by atoms with E-state index in [1.165, 1.54) is 16.3 Å². The van der Waals surface area contributed by atoms with Gasteiger partial charge < -0.3 is 10.1 Å². The lowest BCUT2D eigenvalue weighted by Crippen LogP contribution is -2.28. The molecule has 3 aromatic rings. The number of carbonyl (C=O) groups excluding carboxylic acids is 1. The van der Waals surface area contributed by atoms with E-state index in [4.69, 9.17) is 4.74 Å². The fourth-order valence-corrected chi connectivity index (χ4v) is 2.91. The Kier molecular flexibility index (Phi) is 5.68. The molecule has 0 heterocycles. The molecular formula is C22H23NO2. The van der Waals surface area contributed by atoms with Gasteiger partial charge in [0.15, 0.2) is 0 Å². The summed E-state index contributed by atoms with van der Waals surface area (Å²) in [6.45, 7) is 3.02. The van der Waals surface area contributed by atoms with E-state index in [1.54, 1.807) is 0 Å². The summed E-state index contributed by atoms with van der Waals surface area (Å²) in [5.41, 5.74) is 2.38. The highest BCUT2D eigenvalue weighted by molar-refractivity contribution is 5.86. The molecule has 0 aliphatic rings. The van der Waals surface area contributed by atoms with Crippen molar-refractivity contribution in [1.82, 2.24) is 5.32 Å². The molecule has 3 heteroatoms. The fourth-order valence-electron chi connectivity index (χ4n) is 2.91. The fraction of sp³-hybridized carbons (Fsp3) is 0.227. The first-order valence-electron chi connectivity index (χ1n) is 8.65. The van der Waals surface area contributed by atoms with Gasteiger partial charge in [0.1, 0.15) is 12.4 Å². The summed E-state index contributed by atoms with van der Waals surface area (Å²) in [5.74, 6) is 0.894. The van der Waals surface area contributed by atoms with Crippen LogP contribution >= 0.6 is 0 Å². The molecule has 3 nitrogen and oxygen atoms in total. The van der Waals surface area contributed by atoms with Gasteiger partial charge in [0.25, 0.3) is 0 Å². The summed E-state index contributed by atoms with van der Waals surface area (Å²) < 4.78 is 5.64. The maximum Gasteiger partial charge on any atom is 0.220 e. The van der Waals surface area contributed by atoms with Crippen molar-refractivity contribution in [3.05, 3.63) is 77.9 Å². The molecule has 1 amide bonds. The van der Waals surface area contributed by atoms with Gasteiger partial charge in [-0.1, -0.05) is 54.6 Å². The highest BCUT2D eigenvalue weighted by atomic mass is 16.5. The average Bonchev–Trinajstić information content (AvgIpc) is 2.63. The molecule has 0 unspecified atom stereocenters. The molecule has 1 N–H and O–H groups in total. The van der Waals surface area contributed by atoms with Gasteiger partial charge in [-0.3, -0.25) is 4.79 Å². The number of amides is 1. The van der Waals surface area contributed by atoms with E-state index in [0.29, 0.717) is 19.6 Å². The quantitative estimate of drug-likeness (QED) is 0.656. The molecule has 0 atom stereocenters. The van der Waals surface area contributed by atoms with Crippen molar-refractivity contribution in [2.24, 2.45) is 0 Å². The van der Waals surface area contributed by atoms with Crippen LogP contribution in [0.25, 0.3) is 10.8 Å². The van der Waals surface area contributed by atoms with Crippen molar-refractivity contribution in [1.29, 1.82) is 0 Å². The molecule has 3 rings (SSSR count). The maximum atomic E-state index is 12.1. The number of benzene rings is 3. The van der Waals surface area contributed by atoms with E-state index < -0.39 is 0 Å². The Morgan fingerprint density at radius 2 is 1.80 bits per heavy atom. The van der Waals surface area contributed by atoms with Crippen LogP contribution in [-0.2, 0) is 11.2 Å². The molecule has 0 bridgehead atoms. The zero-order valence-corrected chi connectivity index (χ0v) is 14.5. The van der Waals surface area contributed by atoms with E-state index in [9.17, 15) is 4.79 Å². The second-order valence-corrected chi connectivity index (χ2v) is 6.15. The van der Waals surface area contributed by atoms with Gasteiger partial charge in [-0.05, 0) is 47.4 Å². The number of nitrogens with one attached hydrogen (secondary N) is 1. The summed E-state index contributed by atoms with van der Waals surface area (Å²) in [5, 5.41) is 5.36. The summed E-state index contributed by atoms with van der Waals surface area (Å²) in [6.07, 6.45) is 1.23. The van der Waals surface area contributed by atoms with E-state index >= 15 is 0 Å². The molecule has 0 aliphatic carbocycles. The molecule has 25 heavy (non-hydrogen) atoms. The van der Waals surface area contributed by atoms with Crippen LogP contribution in [0.2, 0.25) is 0 Å². The maximum absolute atomic E-state index is 12.1. The minimum absolute atomic E-state index is 0.0563. The summed E-state index contributed by atoms with van der Waals surface area (Å²) >= 11 is 0. The largest absolute Gasteiger partial charge is 0.492 e. The summed E-state index contributed by atoms with van der Waals surface area (Å²) in [7, 11) is 0. The minimum Gasteiger partial charge on any atom is -0.492 e. The average molecular weight is 333 g/mol. The standard InChI is InChI=1S/C22H23NO2/c1-17-6-4-10-20(16-17)25-15-14-23-22(24)13-12-19-9-5-8-18-7-2-3-11-21(18)19/h2-11,16H,12-15H2,1H3,(H,23,24). The number of carbonyl (C=O) groups is 1. The first-order chi connectivity index (χ1) is 12.2. The van der Waals surface area contributed by atoms with Gasteiger partial charge in [-0.25, -0.2) is 0 Å². The highest BCUT2D eigenvalue weighted by Gasteiger charge is 2.05. The molecule has 0 aliphatic heterocycles. The third kappa shape index (κ3) is 4.83. The van der Waals surface area contributed by atoms with E-state index in [1.807, 2.05) is 49.4 Å². The lowest BCUT2D eigenvalue weighted by Gasteiger charge is -2.09. The number of fused-ring (bicyclic) bond motifs is 1. The predicted octanol–water partition coefficient (Wildman–Crippen LogP) is 4.28. The number of hydrogen-bond acceptors (Lipinski definition) is 2. The lowest BCUT2D eigenvalue weighted by molar-refractivity contribution is -0.121. The van der Waals surface area contributed by atoms with Crippen LogP contribution in [0.1, 0.15) is 17.5 Å². The molecule has 3 aromatic carbocycles. The second-order valence-electron chi connectivity index (χ2n) is 6.15. The second kappa shape index (κ2) is 8.34. The van der Waals surface area contributed by atoms with Crippen molar-refractivity contribution < 1.29 is 9.53 Å². The van der Waals surface area contributed by atoms with Crippen LogP contribution in [0.4, 0.5) is 0 Å². The van der Waals surface area contributed by atoms with E-state index in [-0.39, 0.29) is 5.91 Å². The van der Waals surface area contributed by atoms with Gasteiger partial charge in [0, 0.05) is 6.42 Å². The van der Waals surface area contributed by atoms with Gasteiger partial charge in [-0.2, -0.15) is 0 Å². The Balaban J connectivity index is 1.43. The van der Waals surface area contributed by atoms with Gasteiger partial charge >= 0.3 is 0 Å². The zero-order valence-electron chi connectivity index (χ0n) is 14.5. The number of rotatable bonds is 7. The molecule has 0 spiro atoms. The molecule has 0 saturated heterocycles. The third-order valence-corrected chi connectivity index (χ3v) is 4.18.